The Balaban J connectivity index is 1.74. The molecule has 0 aliphatic heterocycles. The number of rotatable bonds is 6. The molecule has 0 bridgehead atoms. The van der Waals surface area contributed by atoms with Gasteiger partial charge in [0.2, 0.25) is 0 Å². The van der Waals surface area contributed by atoms with Gasteiger partial charge in [-0.15, -0.1) is 0 Å². The first kappa shape index (κ1) is 14.3. The highest BCUT2D eigenvalue weighted by atomic mass is 14.9. The normalized spacial score (nSPS) is 24.5. The molecule has 0 saturated heterocycles. The Hall–Kier alpha value is -1.67. The molecule has 1 aliphatic carbocycles. The second-order valence-electron chi connectivity index (χ2n) is 6.21. The fourth-order valence-corrected chi connectivity index (χ4v) is 3.51. The molecule has 1 aromatic carbocycles. The van der Waals surface area contributed by atoms with E-state index >= 15 is 0 Å². The third kappa shape index (κ3) is 3.01. The van der Waals surface area contributed by atoms with Gasteiger partial charge >= 0.3 is 0 Å². The van der Waals surface area contributed by atoms with Crippen molar-refractivity contribution in [2.45, 2.75) is 37.5 Å². The monoisotopic (exact) mass is 280 g/mol. The van der Waals surface area contributed by atoms with Gasteiger partial charge in [0.05, 0.1) is 0 Å². The predicted octanol–water partition coefficient (Wildman–Crippen LogP) is 3.90. The minimum absolute atomic E-state index is 0.268. The molecule has 2 heteroatoms. The van der Waals surface area contributed by atoms with Crippen molar-refractivity contribution in [3.8, 4) is 0 Å². The van der Waals surface area contributed by atoms with Crippen LogP contribution in [0.2, 0.25) is 0 Å². The third-order valence-corrected chi connectivity index (χ3v) is 4.71. The molecule has 2 aromatic rings. The van der Waals surface area contributed by atoms with Gasteiger partial charge < -0.3 is 5.32 Å². The van der Waals surface area contributed by atoms with E-state index in [1.165, 1.54) is 30.4 Å². The molecule has 21 heavy (non-hydrogen) atoms. The molecule has 3 rings (SSSR count). The second kappa shape index (κ2) is 6.40. The lowest BCUT2D eigenvalue weighted by molar-refractivity contribution is 0.194. The van der Waals surface area contributed by atoms with Crippen LogP contribution in [0.5, 0.6) is 0 Å². The number of nitrogens with one attached hydrogen (secondary N) is 1. The molecule has 1 aromatic heterocycles. The van der Waals surface area contributed by atoms with Crippen LogP contribution in [0.3, 0.4) is 0 Å². The van der Waals surface area contributed by atoms with Crippen LogP contribution < -0.4 is 5.32 Å². The van der Waals surface area contributed by atoms with Crippen LogP contribution in [0, 0.1) is 0 Å². The maximum Gasteiger partial charge on any atom is 0.0306 e. The average molecular weight is 280 g/mol. The van der Waals surface area contributed by atoms with E-state index in [2.05, 4.69) is 65.9 Å². The van der Waals surface area contributed by atoms with Gasteiger partial charge in [0, 0.05) is 24.4 Å². The first-order valence-electron chi connectivity index (χ1n) is 8.00. The summed E-state index contributed by atoms with van der Waals surface area (Å²) in [6, 6.07) is 15.2. The van der Waals surface area contributed by atoms with Gasteiger partial charge in [0.25, 0.3) is 0 Å². The summed E-state index contributed by atoms with van der Waals surface area (Å²) in [5.74, 6) is 0.690. The van der Waals surface area contributed by atoms with Crippen molar-refractivity contribution in [3.63, 3.8) is 0 Å². The zero-order valence-corrected chi connectivity index (χ0v) is 12.8. The summed E-state index contributed by atoms with van der Waals surface area (Å²) in [5.41, 5.74) is 3.14. The van der Waals surface area contributed by atoms with E-state index in [0.717, 1.165) is 13.1 Å². The summed E-state index contributed by atoms with van der Waals surface area (Å²) in [6.07, 6.45) is 7.54. The van der Waals surface area contributed by atoms with Crippen LogP contribution in [-0.4, -0.2) is 18.1 Å². The van der Waals surface area contributed by atoms with Gasteiger partial charge in [-0.2, -0.15) is 0 Å². The maximum atomic E-state index is 4.33. The Labute approximate surface area is 127 Å². The molecule has 1 aliphatic rings. The fraction of sp³-hybridized carbons (Fsp3) is 0.421. The molecule has 0 atom stereocenters. The molecule has 0 radical (unpaired) electrons. The summed E-state index contributed by atoms with van der Waals surface area (Å²) >= 11 is 0. The Morgan fingerprint density at radius 3 is 2.62 bits per heavy atom. The highest BCUT2D eigenvalue weighted by Crippen LogP contribution is 2.52. The summed E-state index contributed by atoms with van der Waals surface area (Å²) < 4.78 is 0. The van der Waals surface area contributed by atoms with Crippen LogP contribution >= 0.6 is 0 Å². The summed E-state index contributed by atoms with van der Waals surface area (Å²) in [5, 5.41) is 3.62. The Kier molecular flexibility index (Phi) is 4.35. The molecule has 0 unspecified atom stereocenters. The number of nitrogens with zero attached hydrogens (tertiary/aromatic N) is 1. The van der Waals surface area contributed by atoms with E-state index < -0.39 is 0 Å². The van der Waals surface area contributed by atoms with Gasteiger partial charge in [0.15, 0.2) is 0 Å². The molecule has 1 heterocycles. The van der Waals surface area contributed by atoms with Crippen molar-refractivity contribution >= 4 is 0 Å². The highest BCUT2D eigenvalue weighted by molar-refractivity contribution is 5.33. The first-order valence-corrected chi connectivity index (χ1v) is 8.00. The molecule has 1 fully saturated rings. The Morgan fingerprint density at radius 1 is 1.14 bits per heavy atom. The number of hydrogen-bond acceptors (Lipinski definition) is 2. The zero-order valence-electron chi connectivity index (χ0n) is 12.8. The van der Waals surface area contributed by atoms with Crippen molar-refractivity contribution < 1.29 is 0 Å². The van der Waals surface area contributed by atoms with E-state index in [1.54, 1.807) is 0 Å². The van der Waals surface area contributed by atoms with Gasteiger partial charge in [-0.1, -0.05) is 43.3 Å². The largest absolute Gasteiger partial charge is 0.316 e. The molecular formula is C19H24N2. The lowest BCUT2D eigenvalue weighted by atomic mass is 9.57. The van der Waals surface area contributed by atoms with E-state index in [1.807, 2.05) is 6.20 Å². The van der Waals surface area contributed by atoms with E-state index in [-0.39, 0.29) is 5.41 Å². The number of aromatic nitrogens is 1. The smallest absolute Gasteiger partial charge is 0.0306 e. The van der Waals surface area contributed by atoms with Crippen LogP contribution in [-0.2, 0) is 5.41 Å². The SMILES string of the molecule is CCCNCC1(c2cccnc2)CC(c2ccccc2)C1. The van der Waals surface area contributed by atoms with Gasteiger partial charge in [-0.05, 0) is 48.9 Å². The maximum absolute atomic E-state index is 4.33. The molecule has 110 valence electrons. The summed E-state index contributed by atoms with van der Waals surface area (Å²) in [6.45, 7) is 4.38. The lowest BCUT2D eigenvalue weighted by Gasteiger charge is -2.48. The van der Waals surface area contributed by atoms with Crippen molar-refractivity contribution in [2.75, 3.05) is 13.1 Å². The molecule has 1 N–H and O–H groups in total. The summed E-state index contributed by atoms with van der Waals surface area (Å²) in [7, 11) is 0. The highest BCUT2D eigenvalue weighted by Gasteiger charge is 2.45. The number of pyridine rings is 1. The Bertz CT molecular complexity index is 544. The Morgan fingerprint density at radius 2 is 1.95 bits per heavy atom. The van der Waals surface area contributed by atoms with Crippen LogP contribution in [0.4, 0.5) is 0 Å². The quantitative estimate of drug-likeness (QED) is 0.812. The minimum Gasteiger partial charge on any atom is -0.316 e. The van der Waals surface area contributed by atoms with E-state index in [0.29, 0.717) is 5.92 Å². The zero-order chi connectivity index (χ0) is 14.5. The van der Waals surface area contributed by atoms with Crippen LogP contribution in [0.25, 0.3) is 0 Å². The van der Waals surface area contributed by atoms with Crippen LogP contribution in [0.15, 0.2) is 54.9 Å². The molecular weight excluding hydrogens is 256 g/mol. The van der Waals surface area contributed by atoms with Crippen molar-refractivity contribution in [2.24, 2.45) is 0 Å². The predicted molar refractivity (Wildman–Crippen MR) is 87.5 cm³/mol. The molecule has 2 nitrogen and oxygen atoms in total. The van der Waals surface area contributed by atoms with Gasteiger partial charge in [-0.3, -0.25) is 4.98 Å². The van der Waals surface area contributed by atoms with E-state index in [9.17, 15) is 0 Å². The van der Waals surface area contributed by atoms with Gasteiger partial charge in [0.1, 0.15) is 0 Å². The van der Waals surface area contributed by atoms with Crippen molar-refractivity contribution in [3.05, 3.63) is 66.0 Å². The molecule has 0 spiro atoms. The van der Waals surface area contributed by atoms with Crippen molar-refractivity contribution in [1.29, 1.82) is 0 Å². The first-order chi connectivity index (χ1) is 10.3. The lowest BCUT2D eigenvalue weighted by Crippen LogP contribution is -2.47. The summed E-state index contributed by atoms with van der Waals surface area (Å²) in [4.78, 5) is 4.33. The number of hydrogen-bond donors (Lipinski definition) is 1. The van der Waals surface area contributed by atoms with Gasteiger partial charge in [-0.25, -0.2) is 0 Å². The van der Waals surface area contributed by atoms with Crippen molar-refractivity contribution in [1.82, 2.24) is 10.3 Å². The topological polar surface area (TPSA) is 24.9 Å². The fourth-order valence-electron chi connectivity index (χ4n) is 3.51. The standard InChI is InChI=1S/C19H24N2/c1-2-10-21-15-19(18-9-6-11-20-14-18)12-17(13-19)16-7-4-3-5-8-16/h3-9,11,14,17,21H,2,10,12-13,15H2,1H3. The average Bonchev–Trinajstić information content (AvgIpc) is 2.51. The molecule has 1 saturated carbocycles. The minimum atomic E-state index is 0.268. The van der Waals surface area contributed by atoms with E-state index in [4.69, 9.17) is 0 Å². The second-order valence-corrected chi connectivity index (χ2v) is 6.21. The van der Waals surface area contributed by atoms with Crippen LogP contribution in [0.1, 0.15) is 43.2 Å². The third-order valence-electron chi connectivity index (χ3n) is 4.71. The number of benzene rings is 1. The molecule has 0 amide bonds.